The van der Waals surface area contributed by atoms with Crippen LogP contribution in [0, 0.1) is 0 Å². The Morgan fingerprint density at radius 1 is 0.556 bits per heavy atom. The van der Waals surface area contributed by atoms with Crippen LogP contribution in [0.15, 0.2) is 72.8 Å². The van der Waals surface area contributed by atoms with Crippen molar-refractivity contribution in [1.29, 1.82) is 0 Å². The molecule has 4 aromatic carbocycles. The van der Waals surface area contributed by atoms with Crippen LogP contribution in [0.25, 0.3) is 32.7 Å². The van der Waals surface area contributed by atoms with E-state index in [1.54, 1.807) is 0 Å². The zero-order valence-corrected chi connectivity index (χ0v) is 17.4. The standard InChI is InChI=1S/C23H18.2C2H6/c1-23(2)20-10-6-5-9-18(20)19-14-13-16-12-11-15-7-3-4-8-17(15)21(16)22(19)23;2*1-2/h3-14H,1-2H3;2*1-2H3. The topological polar surface area (TPSA) is 0 Å². The van der Waals surface area contributed by atoms with Gasteiger partial charge in [-0.3, -0.25) is 0 Å². The molecular formula is C27H30. The Labute approximate surface area is 163 Å². The van der Waals surface area contributed by atoms with Crippen LogP contribution in [0.2, 0.25) is 0 Å². The van der Waals surface area contributed by atoms with E-state index in [0.717, 1.165) is 0 Å². The zero-order chi connectivity index (χ0) is 19.6. The van der Waals surface area contributed by atoms with E-state index in [1.807, 2.05) is 27.7 Å². The Morgan fingerprint density at radius 2 is 1.15 bits per heavy atom. The Kier molecular flexibility index (Phi) is 5.37. The Balaban J connectivity index is 0.000000495. The molecule has 1 aliphatic carbocycles. The minimum atomic E-state index is 0.0373. The van der Waals surface area contributed by atoms with Crippen LogP contribution in [0.3, 0.4) is 0 Å². The summed E-state index contributed by atoms with van der Waals surface area (Å²) >= 11 is 0. The molecule has 0 aromatic heterocycles. The van der Waals surface area contributed by atoms with E-state index in [4.69, 9.17) is 0 Å². The van der Waals surface area contributed by atoms with Crippen LogP contribution in [0.5, 0.6) is 0 Å². The monoisotopic (exact) mass is 354 g/mol. The average Bonchev–Trinajstić information content (AvgIpc) is 2.98. The first kappa shape index (κ1) is 19.2. The molecule has 0 fully saturated rings. The molecular weight excluding hydrogens is 324 g/mol. The Hall–Kier alpha value is -2.60. The summed E-state index contributed by atoms with van der Waals surface area (Å²) < 4.78 is 0. The van der Waals surface area contributed by atoms with Gasteiger partial charge in [0.25, 0.3) is 0 Å². The lowest BCUT2D eigenvalue weighted by molar-refractivity contribution is 0.666. The minimum Gasteiger partial charge on any atom is -0.0683 e. The van der Waals surface area contributed by atoms with Gasteiger partial charge in [-0.2, -0.15) is 0 Å². The van der Waals surface area contributed by atoms with Gasteiger partial charge in [0, 0.05) is 5.41 Å². The zero-order valence-electron chi connectivity index (χ0n) is 17.4. The highest BCUT2D eigenvalue weighted by Crippen LogP contribution is 2.52. The third-order valence-corrected chi connectivity index (χ3v) is 5.43. The fraction of sp³-hybridized carbons (Fsp3) is 0.259. The molecule has 0 radical (unpaired) electrons. The van der Waals surface area contributed by atoms with Crippen molar-refractivity contribution in [1.82, 2.24) is 0 Å². The lowest BCUT2D eigenvalue weighted by atomic mass is 9.79. The van der Waals surface area contributed by atoms with E-state index in [1.165, 1.54) is 43.8 Å². The van der Waals surface area contributed by atoms with Gasteiger partial charge in [0.05, 0.1) is 0 Å². The van der Waals surface area contributed by atoms with Crippen molar-refractivity contribution in [3.05, 3.63) is 83.9 Å². The summed E-state index contributed by atoms with van der Waals surface area (Å²) in [7, 11) is 0. The average molecular weight is 355 g/mol. The molecule has 0 saturated carbocycles. The summed E-state index contributed by atoms with van der Waals surface area (Å²) in [6.45, 7) is 12.7. The summed E-state index contributed by atoms with van der Waals surface area (Å²) in [4.78, 5) is 0. The van der Waals surface area contributed by atoms with Crippen LogP contribution in [0.1, 0.15) is 52.7 Å². The molecule has 0 aliphatic heterocycles. The lowest BCUT2D eigenvalue weighted by Crippen LogP contribution is -2.15. The second kappa shape index (κ2) is 7.56. The Bertz CT molecular complexity index is 1080. The van der Waals surface area contributed by atoms with Crippen LogP contribution in [-0.2, 0) is 5.41 Å². The Morgan fingerprint density at radius 3 is 1.93 bits per heavy atom. The maximum Gasteiger partial charge on any atom is 0.0165 e. The van der Waals surface area contributed by atoms with Crippen molar-refractivity contribution in [3.8, 4) is 11.1 Å². The van der Waals surface area contributed by atoms with Gasteiger partial charge in [0.2, 0.25) is 0 Å². The lowest BCUT2D eigenvalue weighted by Gasteiger charge is -2.24. The second-order valence-corrected chi connectivity index (χ2v) is 7.04. The first-order chi connectivity index (χ1) is 13.2. The van der Waals surface area contributed by atoms with Crippen LogP contribution >= 0.6 is 0 Å². The molecule has 0 bridgehead atoms. The number of hydrogen-bond acceptors (Lipinski definition) is 0. The maximum atomic E-state index is 2.36. The van der Waals surface area contributed by atoms with Crippen LogP contribution in [-0.4, -0.2) is 0 Å². The van der Waals surface area contributed by atoms with E-state index >= 15 is 0 Å². The highest BCUT2D eigenvalue weighted by Gasteiger charge is 2.36. The molecule has 4 aromatic rings. The highest BCUT2D eigenvalue weighted by atomic mass is 14.4. The van der Waals surface area contributed by atoms with Crippen molar-refractivity contribution < 1.29 is 0 Å². The van der Waals surface area contributed by atoms with Crippen LogP contribution < -0.4 is 0 Å². The van der Waals surface area contributed by atoms with Crippen molar-refractivity contribution >= 4 is 21.5 Å². The molecule has 27 heavy (non-hydrogen) atoms. The predicted molar refractivity (Wildman–Crippen MR) is 122 cm³/mol. The van der Waals surface area contributed by atoms with Gasteiger partial charge >= 0.3 is 0 Å². The predicted octanol–water partition coefficient (Wildman–Crippen LogP) is 8.35. The summed E-state index contributed by atoms with van der Waals surface area (Å²) in [6.07, 6.45) is 0. The van der Waals surface area contributed by atoms with Crippen molar-refractivity contribution in [2.45, 2.75) is 47.0 Å². The number of rotatable bonds is 0. The molecule has 1 aliphatic rings. The molecule has 0 heteroatoms. The van der Waals surface area contributed by atoms with E-state index in [0.29, 0.717) is 0 Å². The van der Waals surface area contributed by atoms with E-state index in [-0.39, 0.29) is 5.41 Å². The molecule has 0 unspecified atom stereocenters. The maximum absolute atomic E-state index is 2.36. The van der Waals surface area contributed by atoms with Crippen LogP contribution in [0.4, 0.5) is 0 Å². The van der Waals surface area contributed by atoms with E-state index in [9.17, 15) is 0 Å². The molecule has 138 valence electrons. The minimum absolute atomic E-state index is 0.0373. The van der Waals surface area contributed by atoms with Gasteiger partial charge in [-0.05, 0) is 43.8 Å². The molecule has 0 atom stereocenters. The molecule has 5 rings (SSSR count). The fourth-order valence-corrected chi connectivity index (χ4v) is 4.37. The molecule has 0 spiro atoms. The van der Waals surface area contributed by atoms with Crippen molar-refractivity contribution in [2.75, 3.05) is 0 Å². The third kappa shape index (κ3) is 2.84. The van der Waals surface area contributed by atoms with Crippen molar-refractivity contribution in [2.24, 2.45) is 0 Å². The molecule has 0 saturated heterocycles. The molecule has 0 N–H and O–H groups in total. The quantitative estimate of drug-likeness (QED) is 0.278. The van der Waals surface area contributed by atoms with Gasteiger partial charge in [-0.15, -0.1) is 0 Å². The van der Waals surface area contributed by atoms with Gasteiger partial charge in [0.1, 0.15) is 0 Å². The summed E-state index contributed by atoms with van der Waals surface area (Å²) in [6, 6.07) is 26.7. The summed E-state index contributed by atoms with van der Waals surface area (Å²) in [5, 5.41) is 5.44. The van der Waals surface area contributed by atoms with E-state index in [2.05, 4.69) is 86.6 Å². The van der Waals surface area contributed by atoms with E-state index < -0.39 is 0 Å². The SMILES string of the molecule is CC.CC.CC1(C)c2ccccc2-c2ccc3ccc4ccccc4c3c21. The third-order valence-electron chi connectivity index (χ3n) is 5.43. The smallest absolute Gasteiger partial charge is 0.0165 e. The largest absolute Gasteiger partial charge is 0.0683 e. The number of benzene rings is 4. The van der Waals surface area contributed by atoms with Gasteiger partial charge in [-0.1, -0.05) is 114 Å². The molecule has 0 heterocycles. The number of hydrogen-bond donors (Lipinski definition) is 0. The van der Waals surface area contributed by atoms with Crippen molar-refractivity contribution in [3.63, 3.8) is 0 Å². The fourth-order valence-electron chi connectivity index (χ4n) is 4.37. The second-order valence-electron chi connectivity index (χ2n) is 7.04. The first-order valence-electron chi connectivity index (χ1n) is 10.2. The summed E-state index contributed by atoms with van der Waals surface area (Å²) in [5.41, 5.74) is 5.75. The van der Waals surface area contributed by atoms with Gasteiger partial charge < -0.3 is 0 Å². The molecule has 0 amide bonds. The normalized spacial score (nSPS) is 13.1. The van der Waals surface area contributed by atoms with Gasteiger partial charge in [-0.25, -0.2) is 0 Å². The molecule has 0 nitrogen and oxygen atoms in total. The number of fused-ring (bicyclic) bond motifs is 7. The van der Waals surface area contributed by atoms with Gasteiger partial charge in [0.15, 0.2) is 0 Å². The first-order valence-corrected chi connectivity index (χ1v) is 10.2. The summed E-state index contributed by atoms with van der Waals surface area (Å²) in [5.74, 6) is 0. The highest BCUT2D eigenvalue weighted by molar-refractivity contribution is 6.12.